The van der Waals surface area contributed by atoms with Gasteiger partial charge in [-0.2, -0.15) is 5.10 Å². The van der Waals surface area contributed by atoms with Crippen molar-refractivity contribution in [2.24, 2.45) is 5.10 Å². The van der Waals surface area contributed by atoms with E-state index in [2.05, 4.69) is 38.7 Å². The van der Waals surface area contributed by atoms with Gasteiger partial charge in [0.1, 0.15) is 16.4 Å². The second kappa shape index (κ2) is 7.17. The Hall–Kier alpha value is -3.25. The average Bonchev–Trinajstić information content (AvgIpc) is 3.11. The predicted molar refractivity (Wildman–Crippen MR) is 112 cm³/mol. The maximum atomic E-state index is 9.99. The molecule has 0 radical (unpaired) electrons. The second-order valence-corrected chi connectivity index (χ2v) is 7.17. The number of aromatic nitrogens is 2. The van der Waals surface area contributed by atoms with Crippen LogP contribution < -0.4 is 5.43 Å². The highest BCUT2D eigenvalue weighted by Gasteiger charge is 2.12. The van der Waals surface area contributed by atoms with E-state index in [4.69, 9.17) is 0 Å². The molecule has 0 unspecified atom stereocenters. The molecule has 5 nitrogen and oxygen atoms in total. The SMILES string of the molecule is C/C(=N\Nc1nc(C)nc2sc(-c3ccccc3)cc12)c1ccccc1O. The van der Waals surface area contributed by atoms with Crippen molar-refractivity contribution in [3.8, 4) is 16.2 Å². The number of hydrogen-bond donors (Lipinski definition) is 2. The van der Waals surface area contributed by atoms with Gasteiger partial charge in [0.2, 0.25) is 0 Å². The maximum Gasteiger partial charge on any atom is 0.158 e. The third kappa shape index (κ3) is 3.52. The number of nitrogens with one attached hydrogen (secondary N) is 1. The Balaban J connectivity index is 1.72. The first-order chi connectivity index (χ1) is 13.1. The van der Waals surface area contributed by atoms with Crippen LogP contribution in [-0.4, -0.2) is 20.8 Å². The molecule has 2 aromatic carbocycles. The van der Waals surface area contributed by atoms with Crippen molar-refractivity contribution < 1.29 is 5.11 Å². The summed E-state index contributed by atoms with van der Waals surface area (Å²) in [4.78, 5) is 11.1. The molecular formula is C21H18N4OS. The van der Waals surface area contributed by atoms with Crippen LogP contribution in [0.3, 0.4) is 0 Å². The number of phenols is 1. The standard InChI is InChI=1S/C21H18N4OS/c1-13(16-10-6-7-11-18(16)26)24-25-20-17-12-19(15-8-4-3-5-9-15)27-21(17)23-14(2)22-20/h3-12,26H,1-2H3,(H,22,23,25)/b24-13+. The van der Waals surface area contributed by atoms with E-state index in [0.717, 1.165) is 20.7 Å². The minimum absolute atomic E-state index is 0.200. The van der Waals surface area contributed by atoms with Crippen LogP contribution in [0.15, 0.2) is 65.8 Å². The quantitative estimate of drug-likeness (QED) is 0.380. The normalized spacial score (nSPS) is 11.7. The van der Waals surface area contributed by atoms with Crippen molar-refractivity contribution in [2.75, 3.05) is 5.43 Å². The van der Waals surface area contributed by atoms with E-state index >= 15 is 0 Å². The van der Waals surface area contributed by atoms with Crippen molar-refractivity contribution in [1.29, 1.82) is 0 Å². The van der Waals surface area contributed by atoms with Crippen molar-refractivity contribution >= 4 is 33.1 Å². The van der Waals surface area contributed by atoms with Gasteiger partial charge in [-0.3, -0.25) is 5.43 Å². The highest BCUT2D eigenvalue weighted by molar-refractivity contribution is 7.21. The fraction of sp³-hybridized carbons (Fsp3) is 0.0952. The average molecular weight is 374 g/mol. The van der Waals surface area contributed by atoms with Gasteiger partial charge < -0.3 is 5.11 Å². The van der Waals surface area contributed by atoms with Crippen molar-refractivity contribution in [3.05, 3.63) is 72.1 Å². The van der Waals surface area contributed by atoms with Gasteiger partial charge in [0, 0.05) is 10.4 Å². The molecule has 0 spiro atoms. The predicted octanol–water partition coefficient (Wildman–Crippen LogP) is 5.21. The highest BCUT2D eigenvalue weighted by Crippen LogP contribution is 2.35. The summed E-state index contributed by atoms with van der Waals surface area (Å²) < 4.78 is 0. The maximum absolute atomic E-state index is 9.99. The minimum Gasteiger partial charge on any atom is -0.507 e. The van der Waals surface area contributed by atoms with Crippen LogP contribution in [0.25, 0.3) is 20.7 Å². The van der Waals surface area contributed by atoms with Gasteiger partial charge in [0.25, 0.3) is 0 Å². The highest BCUT2D eigenvalue weighted by atomic mass is 32.1. The second-order valence-electron chi connectivity index (χ2n) is 6.14. The van der Waals surface area contributed by atoms with Gasteiger partial charge in [-0.15, -0.1) is 11.3 Å². The molecule has 0 aliphatic rings. The molecule has 2 N–H and O–H groups in total. The van der Waals surface area contributed by atoms with E-state index in [0.29, 0.717) is 22.9 Å². The Morgan fingerprint density at radius 1 is 1.04 bits per heavy atom. The Bertz CT molecular complexity index is 1140. The number of aromatic hydroxyl groups is 1. The first-order valence-corrected chi connectivity index (χ1v) is 9.36. The summed E-state index contributed by atoms with van der Waals surface area (Å²) in [5.74, 6) is 1.54. The van der Waals surface area contributed by atoms with Crippen LogP contribution in [0.2, 0.25) is 0 Å². The molecule has 0 saturated carbocycles. The molecule has 2 aromatic heterocycles. The van der Waals surface area contributed by atoms with E-state index in [1.165, 1.54) is 0 Å². The molecule has 6 heteroatoms. The molecule has 0 aliphatic heterocycles. The number of fused-ring (bicyclic) bond motifs is 1. The minimum atomic E-state index is 0.200. The van der Waals surface area contributed by atoms with Gasteiger partial charge in [0.15, 0.2) is 5.82 Å². The topological polar surface area (TPSA) is 70.4 Å². The number of thiophene rings is 1. The fourth-order valence-corrected chi connectivity index (χ4v) is 3.92. The van der Waals surface area contributed by atoms with Crippen molar-refractivity contribution in [2.45, 2.75) is 13.8 Å². The van der Waals surface area contributed by atoms with Crippen LogP contribution in [0.5, 0.6) is 5.75 Å². The number of aryl methyl sites for hydroxylation is 1. The smallest absolute Gasteiger partial charge is 0.158 e. The van der Waals surface area contributed by atoms with Gasteiger partial charge in [0.05, 0.1) is 11.1 Å². The van der Waals surface area contributed by atoms with Crippen LogP contribution in [0.1, 0.15) is 18.3 Å². The molecule has 0 bridgehead atoms. The number of phenolic OH excluding ortho intramolecular Hbond substituents is 1. The number of hydrazone groups is 1. The van der Waals surface area contributed by atoms with Crippen LogP contribution in [-0.2, 0) is 0 Å². The zero-order chi connectivity index (χ0) is 18.8. The van der Waals surface area contributed by atoms with Gasteiger partial charge in [-0.1, -0.05) is 42.5 Å². The lowest BCUT2D eigenvalue weighted by molar-refractivity contribution is 0.474. The van der Waals surface area contributed by atoms with Crippen molar-refractivity contribution in [1.82, 2.24) is 9.97 Å². The third-order valence-corrected chi connectivity index (χ3v) is 5.26. The number of rotatable bonds is 4. The Morgan fingerprint density at radius 2 is 1.78 bits per heavy atom. The summed E-state index contributed by atoms with van der Waals surface area (Å²) in [6.07, 6.45) is 0. The summed E-state index contributed by atoms with van der Waals surface area (Å²) in [5.41, 5.74) is 5.56. The molecule has 0 atom stereocenters. The number of benzene rings is 2. The van der Waals surface area contributed by atoms with Crippen LogP contribution in [0, 0.1) is 6.92 Å². The first-order valence-electron chi connectivity index (χ1n) is 8.54. The molecule has 0 saturated heterocycles. The summed E-state index contributed by atoms with van der Waals surface area (Å²) in [7, 11) is 0. The third-order valence-electron chi connectivity index (χ3n) is 4.19. The summed E-state index contributed by atoms with van der Waals surface area (Å²) in [5, 5.41) is 15.3. The largest absolute Gasteiger partial charge is 0.507 e. The molecule has 134 valence electrons. The van der Waals surface area contributed by atoms with E-state index in [1.54, 1.807) is 23.5 Å². The zero-order valence-electron chi connectivity index (χ0n) is 15.0. The van der Waals surface area contributed by atoms with E-state index in [1.807, 2.05) is 44.2 Å². The lowest BCUT2D eigenvalue weighted by Crippen LogP contribution is -2.02. The molecule has 27 heavy (non-hydrogen) atoms. The first kappa shape index (κ1) is 17.2. The molecule has 4 aromatic rings. The van der Waals surface area contributed by atoms with Crippen LogP contribution in [0.4, 0.5) is 5.82 Å². The molecular weight excluding hydrogens is 356 g/mol. The van der Waals surface area contributed by atoms with Crippen LogP contribution >= 0.6 is 11.3 Å². The lowest BCUT2D eigenvalue weighted by atomic mass is 10.1. The molecule has 0 amide bonds. The fourth-order valence-electron chi connectivity index (χ4n) is 2.83. The summed E-state index contributed by atoms with van der Waals surface area (Å²) in [6, 6.07) is 19.4. The molecule has 0 aliphatic carbocycles. The molecule has 0 fully saturated rings. The van der Waals surface area contributed by atoms with Gasteiger partial charge in [-0.25, -0.2) is 9.97 Å². The monoisotopic (exact) mass is 374 g/mol. The lowest BCUT2D eigenvalue weighted by Gasteiger charge is -2.06. The van der Waals surface area contributed by atoms with E-state index < -0.39 is 0 Å². The molecule has 2 heterocycles. The van der Waals surface area contributed by atoms with E-state index in [-0.39, 0.29) is 5.75 Å². The Kier molecular flexibility index (Phi) is 4.56. The zero-order valence-corrected chi connectivity index (χ0v) is 15.8. The van der Waals surface area contributed by atoms with Gasteiger partial charge in [-0.05, 0) is 37.6 Å². The van der Waals surface area contributed by atoms with Gasteiger partial charge >= 0.3 is 0 Å². The summed E-state index contributed by atoms with van der Waals surface area (Å²) >= 11 is 1.63. The Labute approximate surface area is 161 Å². The number of nitrogens with zero attached hydrogens (tertiary/aromatic N) is 3. The molecule has 4 rings (SSSR count). The Morgan fingerprint density at radius 3 is 2.56 bits per heavy atom. The number of para-hydroxylation sites is 1. The number of anilines is 1. The van der Waals surface area contributed by atoms with E-state index in [9.17, 15) is 5.11 Å². The number of hydrogen-bond acceptors (Lipinski definition) is 6. The van der Waals surface area contributed by atoms with Crippen molar-refractivity contribution in [3.63, 3.8) is 0 Å². The summed E-state index contributed by atoms with van der Waals surface area (Å²) in [6.45, 7) is 3.71.